The average Bonchev–Trinajstić information content (AvgIpc) is 2.68. The molecule has 142 valence electrons. The van der Waals surface area contributed by atoms with Crippen LogP contribution in [0.15, 0.2) is 30.3 Å². The predicted octanol–water partition coefficient (Wildman–Crippen LogP) is 0.646. The molecule has 1 aliphatic rings. The molecule has 1 saturated heterocycles. The fourth-order valence-electron chi connectivity index (χ4n) is 2.99. The number of nitrogens with one attached hydrogen (secondary N) is 1. The molecule has 1 aromatic carbocycles. The van der Waals surface area contributed by atoms with Crippen LogP contribution in [-0.2, 0) is 25.7 Å². The lowest BCUT2D eigenvalue weighted by Crippen LogP contribution is -2.53. The Morgan fingerprint density at radius 2 is 1.77 bits per heavy atom. The average molecular weight is 361 g/mol. The Morgan fingerprint density at radius 3 is 2.35 bits per heavy atom. The van der Waals surface area contributed by atoms with Crippen LogP contribution >= 0.6 is 0 Å². The van der Waals surface area contributed by atoms with Gasteiger partial charge in [-0.3, -0.25) is 19.3 Å². The number of amides is 2. The molecule has 2 rings (SSSR count). The molecular weight excluding hydrogens is 334 g/mol. The Balaban J connectivity index is 1.74. The number of ether oxygens (including phenoxy) is 1. The summed E-state index contributed by atoms with van der Waals surface area (Å²) in [6, 6.07) is 9.76. The summed E-state index contributed by atoms with van der Waals surface area (Å²) < 4.78 is 4.70. The first-order chi connectivity index (χ1) is 12.5. The molecule has 7 nitrogen and oxygen atoms in total. The molecule has 2 amide bonds. The van der Waals surface area contributed by atoms with Crippen molar-refractivity contribution in [3.05, 3.63) is 35.9 Å². The number of hydrogen-bond acceptors (Lipinski definition) is 5. The van der Waals surface area contributed by atoms with E-state index in [4.69, 9.17) is 4.74 Å². The summed E-state index contributed by atoms with van der Waals surface area (Å²) in [5.41, 5.74) is 1.06. The molecule has 1 aliphatic heterocycles. The minimum atomic E-state index is -0.735. The van der Waals surface area contributed by atoms with E-state index >= 15 is 0 Å². The first kappa shape index (κ1) is 19.9. The third kappa shape index (κ3) is 5.56. The maximum absolute atomic E-state index is 12.4. The van der Waals surface area contributed by atoms with E-state index in [9.17, 15) is 14.4 Å². The first-order valence-electron chi connectivity index (χ1n) is 8.94. The van der Waals surface area contributed by atoms with Crippen LogP contribution < -0.4 is 5.32 Å². The van der Waals surface area contributed by atoms with Gasteiger partial charge in [0.2, 0.25) is 11.8 Å². The summed E-state index contributed by atoms with van der Waals surface area (Å²) in [5.74, 6) is -1.44. The van der Waals surface area contributed by atoms with Crippen LogP contribution in [0.25, 0.3) is 0 Å². The van der Waals surface area contributed by atoms with Gasteiger partial charge in [0.05, 0.1) is 13.7 Å². The van der Waals surface area contributed by atoms with Crippen LogP contribution in [0.5, 0.6) is 0 Å². The van der Waals surface area contributed by atoms with E-state index < -0.39 is 11.9 Å². The van der Waals surface area contributed by atoms with Gasteiger partial charge in [-0.15, -0.1) is 0 Å². The minimum absolute atomic E-state index is 0.0328. The lowest BCUT2D eigenvalue weighted by Gasteiger charge is -2.35. The minimum Gasteiger partial charge on any atom is -0.468 e. The SMILES string of the molecule is CC[C@@H](C(=O)OC)C(=O)N1CCN(CC(=O)NCc2ccccc2)CC1. The van der Waals surface area contributed by atoms with E-state index in [2.05, 4.69) is 5.32 Å². The van der Waals surface area contributed by atoms with Gasteiger partial charge in [0.1, 0.15) is 5.92 Å². The van der Waals surface area contributed by atoms with Crippen molar-refractivity contribution < 1.29 is 19.1 Å². The molecule has 0 aliphatic carbocycles. The molecule has 7 heteroatoms. The van der Waals surface area contributed by atoms with Gasteiger partial charge < -0.3 is 15.0 Å². The second kappa shape index (κ2) is 9.91. The molecule has 0 spiro atoms. The maximum Gasteiger partial charge on any atom is 0.318 e. The standard InChI is InChI=1S/C19H27N3O4/c1-3-16(19(25)26-2)18(24)22-11-9-21(10-12-22)14-17(23)20-13-15-7-5-4-6-8-15/h4-8,16H,3,9-14H2,1-2H3,(H,20,23)/t16-/m1/s1. The van der Waals surface area contributed by atoms with Gasteiger partial charge in [-0.2, -0.15) is 0 Å². The number of carbonyl (C=O) groups excluding carboxylic acids is 3. The molecule has 0 bridgehead atoms. The maximum atomic E-state index is 12.4. The Bertz CT molecular complexity index is 612. The molecule has 0 saturated carbocycles. The number of carbonyl (C=O) groups is 3. The normalized spacial score (nSPS) is 16.0. The Labute approximate surface area is 154 Å². The smallest absolute Gasteiger partial charge is 0.318 e. The van der Waals surface area contributed by atoms with Crippen molar-refractivity contribution in [1.29, 1.82) is 0 Å². The van der Waals surface area contributed by atoms with E-state index in [0.29, 0.717) is 45.7 Å². The number of nitrogens with zero attached hydrogens (tertiary/aromatic N) is 2. The van der Waals surface area contributed by atoms with Crippen molar-refractivity contribution in [3.63, 3.8) is 0 Å². The van der Waals surface area contributed by atoms with Gasteiger partial charge in [-0.1, -0.05) is 37.3 Å². The summed E-state index contributed by atoms with van der Waals surface area (Å²) in [5, 5.41) is 2.91. The van der Waals surface area contributed by atoms with Gasteiger partial charge in [0, 0.05) is 32.7 Å². The molecule has 0 radical (unpaired) electrons. The van der Waals surface area contributed by atoms with Gasteiger partial charge in [-0.05, 0) is 12.0 Å². The number of esters is 1. The highest BCUT2D eigenvalue weighted by Crippen LogP contribution is 2.12. The highest BCUT2D eigenvalue weighted by Gasteiger charge is 2.32. The Kier molecular flexibility index (Phi) is 7.59. The van der Waals surface area contributed by atoms with Crippen LogP contribution in [0.3, 0.4) is 0 Å². The molecule has 1 fully saturated rings. The van der Waals surface area contributed by atoms with Crippen LogP contribution in [0, 0.1) is 5.92 Å². The number of benzene rings is 1. The van der Waals surface area contributed by atoms with E-state index in [1.54, 1.807) is 11.8 Å². The third-order valence-corrected chi connectivity index (χ3v) is 4.58. The van der Waals surface area contributed by atoms with Crippen LogP contribution in [-0.4, -0.2) is 67.4 Å². The van der Waals surface area contributed by atoms with Crippen molar-refractivity contribution in [2.75, 3.05) is 39.8 Å². The fraction of sp³-hybridized carbons (Fsp3) is 0.526. The molecule has 1 aromatic rings. The number of rotatable bonds is 7. The lowest BCUT2D eigenvalue weighted by molar-refractivity contribution is -0.154. The van der Waals surface area contributed by atoms with Crippen molar-refractivity contribution in [1.82, 2.24) is 15.1 Å². The molecule has 1 N–H and O–H groups in total. The first-order valence-corrected chi connectivity index (χ1v) is 8.94. The molecule has 26 heavy (non-hydrogen) atoms. The van der Waals surface area contributed by atoms with Gasteiger partial charge in [0.15, 0.2) is 0 Å². The lowest BCUT2D eigenvalue weighted by atomic mass is 10.0. The van der Waals surface area contributed by atoms with E-state index in [0.717, 1.165) is 5.56 Å². The molecule has 0 unspecified atom stereocenters. The summed E-state index contributed by atoms with van der Waals surface area (Å²) in [7, 11) is 1.30. The predicted molar refractivity (Wildman–Crippen MR) is 97.1 cm³/mol. The van der Waals surface area contributed by atoms with Crippen molar-refractivity contribution in [3.8, 4) is 0 Å². The van der Waals surface area contributed by atoms with Crippen molar-refractivity contribution in [2.45, 2.75) is 19.9 Å². The number of methoxy groups -OCH3 is 1. The highest BCUT2D eigenvalue weighted by molar-refractivity contribution is 5.97. The van der Waals surface area contributed by atoms with Crippen LogP contribution in [0.1, 0.15) is 18.9 Å². The van der Waals surface area contributed by atoms with E-state index in [1.807, 2.05) is 35.2 Å². The fourth-order valence-corrected chi connectivity index (χ4v) is 2.99. The summed E-state index contributed by atoms with van der Waals surface area (Å²) in [6.07, 6.45) is 0.424. The molecule has 1 heterocycles. The summed E-state index contributed by atoms with van der Waals surface area (Å²) in [6.45, 7) is 4.87. The van der Waals surface area contributed by atoms with Crippen molar-refractivity contribution >= 4 is 17.8 Å². The Morgan fingerprint density at radius 1 is 1.12 bits per heavy atom. The quantitative estimate of drug-likeness (QED) is 0.570. The second-order valence-electron chi connectivity index (χ2n) is 6.35. The highest BCUT2D eigenvalue weighted by atomic mass is 16.5. The van der Waals surface area contributed by atoms with Crippen LogP contribution in [0.2, 0.25) is 0 Å². The second-order valence-corrected chi connectivity index (χ2v) is 6.35. The van der Waals surface area contributed by atoms with Gasteiger partial charge >= 0.3 is 5.97 Å². The monoisotopic (exact) mass is 361 g/mol. The van der Waals surface area contributed by atoms with Gasteiger partial charge in [-0.25, -0.2) is 0 Å². The zero-order valence-corrected chi connectivity index (χ0v) is 15.4. The topological polar surface area (TPSA) is 79.0 Å². The van der Waals surface area contributed by atoms with E-state index in [1.165, 1.54) is 7.11 Å². The molecule has 0 aromatic heterocycles. The number of hydrogen-bond donors (Lipinski definition) is 1. The zero-order valence-electron chi connectivity index (χ0n) is 15.4. The van der Waals surface area contributed by atoms with Gasteiger partial charge in [0.25, 0.3) is 0 Å². The summed E-state index contributed by atoms with van der Waals surface area (Å²) in [4.78, 5) is 39.9. The summed E-state index contributed by atoms with van der Waals surface area (Å²) >= 11 is 0. The number of piperazine rings is 1. The third-order valence-electron chi connectivity index (χ3n) is 4.58. The zero-order chi connectivity index (χ0) is 18.9. The molecular formula is C19H27N3O4. The largest absolute Gasteiger partial charge is 0.468 e. The Hall–Kier alpha value is -2.41. The van der Waals surface area contributed by atoms with E-state index in [-0.39, 0.29) is 11.8 Å². The van der Waals surface area contributed by atoms with Crippen LogP contribution in [0.4, 0.5) is 0 Å². The molecule has 1 atom stereocenters. The van der Waals surface area contributed by atoms with Crippen molar-refractivity contribution in [2.24, 2.45) is 5.92 Å².